The van der Waals surface area contributed by atoms with Gasteiger partial charge in [-0.15, -0.1) is 0 Å². The highest BCUT2D eigenvalue weighted by atomic mass is 32.2. The highest BCUT2D eigenvalue weighted by molar-refractivity contribution is 7.89. The maximum Gasteiger partial charge on any atom is 0.312 e. The van der Waals surface area contributed by atoms with E-state index < -0.39 is 27.9 Å². The molecule has 2 aromatic rings. The predicted molar refractivity (Wildman–Crippen MR) is 108 cm³/mol. The van der Waals surface area contributed by atoms with E-state index in [-0.39, 0.29) is 43.4 Å². The molecule has 10 heteroatoms. The molecular weight excluding hydrogens is 411 g/mol. The number of nitrogens with zero attached hydrogens (tertiary/aromatic N) is 2. The molecule has 30 heavy (non-hydrogen) atoms. The van der Waals surface area contributed by atoms with Crippen LogP contribution in [0.25, 0.3) is 0 Å². The minimum Gasteiger partial charge on any atom is -0.352 e. The second-order valence-electron chi connectivity index (χ2n) is 6.91. The van der Waals surface area contributed by atoms with Crippen LogP contribution in [0.3, 0.4) is 0 Å². The van der Waals surface area contributed by atoms with E-state index in [4.69, 9.17) is 5.73 Å². The molecule has 1 unspecified atom stereocenters. The Kier molecular flexibility index (Phi) is 6.68. The van der Waals surface area contributed by atoms with E-state index in [1.165, 1.54) is 16.4 Å². The number of nitrogens with one attached hydrogen (secondary N) is 1. The van der Waals surface area contributed by atoms with Crippen LogP contribution in [0.5, 0.6) is 0 Å². The third kappa shape index (κ3) is 5.14. The predicted octanol–water partition coefficient (Wildman–Crippen LogP) is 1.46. The van der Waals surface area contributed by atoms with Crippen molar-refractivity contribution >= 4 is 22.0 Å². The first-order valence-electron chi connectivity index (χ1n) is 9.42. The Morgan fingerprint density at radius 2 is 1.60 bits per heavy atom. The number of benzene rings is 2. The molecular formula is C20H23FN4O4S. The van der Waals surface area contributed by atoms with Crippen LogP contribution < -0.4 is 11.1 Å². The van der Waals surface area contributed by atoms with Gasteiger partial charge in [0.15, 0.2) is 0 Å². The van der Waals surface area contributed by atoms with E-state index in [1.54, 1.807) is 29.2 Å². The van der Waals surface area contributed by atoms with E-state index in [0.29, 0.717) is 0 Å². The standard InChI is InChI=1S/C20H23FN4O4S/c21-16-6-8-17(9-7-16)30(28,29)25-12-10-24(11-13-25)19(26)14-18(23-20(22)27)15-4-2-1-3-5-15/h1-9,18H,10-14H2,(H3,22,23,27). The first-order valence-corrected chi connectivity index (χ1v) is 10.9. The van der Waals surface area contributed by atoms with E-state index in [1.807, 2.05) is 6.07 Å². The van der Waals surface area contributed by atoms with Crippen LogP contribution in [-0.4, -0.2) is 55.7 Å². The minimum atomic E-state index is -3.75. The number of rotatable bonds is 6. The van der Waals surface area contributed by atoms with Crippen molar-refractivity contribution < 1.29 is 22.4 Å². The molecule has 0 aliphatic carbocycles. The van der Waals surface area contributed by atoms with Gasteiger partial charge in [0, 0.05) is 26.2 Å². The molecule has 3 N–H and O–H groups in total. The average molecular weight is 434 g/mol. The molecule has 1 aliphatic heterocycles. The Labute approximate surface area is 174 Å². The summed E-state index contributed by atoms with van der Waals surface area (Å²) in [7, 11) is -3.75. The summed E-state index contributed by atoms with van der Waals surface area (Å²) in [5, 5.41) is 2.58. The van der Waals surface area contributed by atoms with E-state index in [9.17, 15) is 22.4 Å². The van der Waals surface area contributed by atoms with Crippen molar-refractivity contribution in [2.75, 3.05) is 26.2 Å². The number of piperazine rings is 1. The summed E-state index contributed by atoms with van der Waals surface area (Å²) >= 11 is 0. The fourth-order valence-corrected chi connectivity index (χ4v) is 4.77. The molecule has 8 nitrogen and oxygen atoms in total. The van der Waals surface area contributed by atoms with Gasteiger partial charge in [0.1, 0.15) is 5.82 Å². The highest BCUT2D eigenvalue weighted by Gasteiger charge is 2.31. The van der Waals surface area contributed by atoms with Gasteiger partial charge < -0.3 is 16.0 Å². The lowest BCUT2D eigenvalue weighted by Crippen LogP contribution is -2.51. The molecule has 3 amide bonds. The molecule has 1 saturated heterocycles. The number of nitrogens with two attached hydrogens (primary N) is 1. The SMILES string of the molecule is NC(=O)NC(CC(=O)N1CCN(S(=O)(=O)c2ccc(F)cc2)CC1)c1ccccc1. The first-order chi connectivity index (χ1) is 14.3. The van der Waals surface area contributed by atoms with Gasteiger partial charge in [-0.3, -0.25) is 4.79 Å². The minimum absolute atomic E-state index is 0.0116. The highest BCUT2D eigenvalue weighted by Crippen LogP contribution is 2.21. The van der Waals surface area contributed by atoms with Crippen molar-refractivity contribution in [3.05, 3.63) is 66.0 Å². The molecule has 3 rings (SSSR count). The summed E-state index contributed by atoms with van der Waals surface area (Å²) in [6, 6.07) is 12.4. The largest absolute Gasteiger partial charge is 0.352 e. The topological polar surface area (TPSA) is 113 Å². The maximum absolute atomic E-state index is 13.1. The van der Waals surface area contributed by atoms with Crippen LogP contribution >= 0.6 is 0 Å². The van der Waals surface area contributed by atoms with Gasteiger partial charge >= 0.3 is 6.03 Å². The number of hydrogen-bond acceptors (Lipinski definition) is 4. The molecule has 0 aromatic heterocycles. The number of carbonyl (C=O) groups is 2. The summed E-state index contributed by atoms with van der Waals surface area (Å²) in [5.74, 6) is -0.724. The Hall–Kier alpha value is -2.98. The van der Waals surface area contributed by atoms with Crippen molar-refractivity contribution in [1.29, 1.82) is 0 Å². The Morgan fingerprint density at radius 3 is 2.17 bits per heavy atom. The molecule has 0 bridgehead atoms. The van der Waals surface area contributed by atoms with Crippen LogP contribution in [0.1, 0.15) is 18.0 Å². The summed E-state index contributed by atoms with van der Waals surface area (Å²) < 4.78 is 39.8. The maximum atomic E-state index is 13.1. The smallest absolute Gasteiger partial charge is 0.312 e. The quantitative estimate of drug-likeness (QED) is 0.717. The number of sulfonamides is 1. The number of amides is 3. The fraction of sp³-hybridized carbons (Fsp3) is 0.300. The average Bonchev–Trinajstić information content (AvgIpc) is 2.74. The van der Waals surface area contributed by atoms with Gasteiger partial charge in [-0.2, -0.15) is 4.31 Å². The third-order valence-electron chi connectivity index (χ3n) is 4.94. The van der Waals surface area contributed by atoms with Crippen LogP contribution in [-0.2, 0) is 14.8 Å². The molecule has 1 fully saturated rings. The van der Waals surface area contributed by atoms with Gasteiger partial charge in [0.05, 0.1) is 17.4 Å². The van der Waals surface area contributed by atoms with Gasteiger partial charge in [-0.1, -0.05) is 30.3 Å². The summed E-state index contributed by atoms with van der Waals surface area (Å²) in [6.45, 7) is 0.698. The molecule has 0 saturated carbocycles. The van der Waals surface area contributed by atoms with E-state index >= 15 is 0 Å². The van der Waals surface area contributed by atoms with Gasteiger partial charge in [-0.25, -0.2) is 17.6 Å². The fourth-order valence-electron chi connectivity index (χ4n) is 3.35. The third-order valence-corrected chi connectivity index (χ3v) is 6.85. The molecule has 160 valence electrons. The van der Waals surface area contributed by atoms with Gasteiger partial charge in [-0.05, 0) is 29.8 Å². The molecule has 1 atom stereocenters. The van der Waals surface area contributed by atoms with Crippen molar-refractivity contribution in [1.82, 2.24) is 14.5 Å². The summed E-state index contributed by atoms with van der Waals surface area (Å²) in [5.41, 5.74) is 6.00. The van der Waals surface area contributed by atoms with Gasteiger partial charge in [0.2, 0.25) is 15.9 Å². The second-order valence-corrected chi connectivity index (χ2v) is 8.85. The van der Waals surface area contributed by atoms with Crippen LogP contribution in [0.15, 0.2) is 59.5 Å². The zero-order valence-corrected chi connectivity index (χ0v) is 17.0. The molecule has 0 radical (unpaired) electrons. The second kappa shape index (κ2) is 9.23. The number of halogens is 1. The van der Waals surface area contributed by atoms with Crippen LogP contribution in [0, 0.1) is 5.82 Å². The lowest BCUT2D eigenvalue weighted by molar-refractivity contribution is -0.132. The van der Waals surface area contributed by atoms with Crippen LogP contribution in [0.4, 0.5) is 9.18 Å². The van der Waals surface area contributed by atoms with Crippen molar-refractivity contribution in [3.8, 4) is 0 Å². The first kappa shape index (κ1) is 21.7. The Balaban J connectivity index is 1.63. The zero-order chi connectivity index (χ0) is 21.7. The van der Waals surface area contributed by atoms with Crippen molar-refractivity contribution in [3.63, 3.8) is 0 Å². The number of carbonyl (C=O) groups excluding carboxylic acids is 2. The van der Waals surface area contributed by atoms with Crippen LogP contribution in [0.2, 0.25) is 0 Å². The van der Waals surface area contributed by atoms with Crippen molar-refractivity contribution in [2.24, 2.45) is 5.73 Å². The number of hydrogen-bond donors (Lipinski definition) is 2. The Bertz CT molecular complexity index is 991. The zero-order valence-electron chi connectivity index (χ0n) is 16.2. The number of primary amides is 1. The summed E-state index contributed by atoms with van der Waals surface area (Å²) in [6.07, 6.45) is 0.0116. The molecule has 1 heterocycles. The lowest BCUT2D eigenvalue weighted by Gasteiger charge is -2.34. The van der Waals surface area contributed by atoms with Gasteiger partial charge in [0.25, 0.3) is 0 Å². The van der Waals surface area contributed by atoms with E-state index in [2.05, 4.69) is 5.32 Å². The lowest BCUT2D eigenvalue weighted by atomic mass is 10.0. The molecule has 1 aliphatic rings. The van der Waals surface area contributed by atoms with Crippen molar-refractivity contribution in [2.45, 2.75) is 17.4 Å². The van der Waals surface area contributed by atoms with E-state index in [0.717, 1.165) is 17.7 Å². The monoisotopic (exact) mass is 434 g/mol. The molecule has 2 aromatic carbocycles. The molecule has 0 spiro atoms. The Morgan fingerprint density at radius 1 is 1.00 bits per heavy atom. The number of urea groups is 1. The summed E-state index contributed by atoms with van der Waals surface area (Å²) in [4.78, 5) is 25.7. The normalized spacial score (nSPS) is 16.1.